The van der Waals surface area contributed by atoms with Crippen LogP contribution in [-0.2, 0) is 16.1 Å². The lowest BCUT2D eigenvalue weighted by Crippen LogP contribution is -2.19. The SMILES string of the molecule is O=C(OCc1ccccc1)[C@@H]1CC=C(F)CC1. The van der Waals surface area contributed by atoms with Crippen molar-refractivity contribution in [2.24, 2.45) is 5.92 Å². The molecule has 0 spiro atoms. The summed E-state index contributed by atoms with van der Waals surface area (Å²) >= 11 is 0. The van der Waals surface area contributed by atoms with Crippen molar-refractivity contribution in [2.45, 2.75) is 25.9 Å². The third kappa shape index (κ3) is 3.41. The lowest BCUT2D eigenvalue weighted by molar-refractivity contribution is -0.150. The van der Waals surface area contributed by atoms with E-state index in [1.807, 2.05) is 30.3 Å². The summed E-state index contributed by atoms with van der Waals surface area (Å²) in [4.78, 5) is 11.7. The van der Waals surface area contributed by atoms with Crippen LogP contribution in [0.1, 0.15) is 24.8 Å². The van der Waals surface area contributed by atoms with Gasteiger partial charge in [-0.3, -0.25) is 4.79 Å². The van der Waals surface area contributed by atoms with Gasteiger partial charge in [-0.1, -0.05) is 36.4 Å². The molecule has 2 rings (SSSR count). The number of hydrogen-bond donors (Lipinski definition) is 0. The molecule has 17 heavy (non-hydrogen) atoms. The molecule has 1 aromatic carbocycles. The highest BCUT2D eigenvalue weighted by atomic mass is 19.1. The summed E-state index contributed by atoms with van der Waals surface area (Å²) in [5, 5.41) is 0. The smallest absolute Gasteiger partial charge is 0.309 e. The molecule has 1 aliphatic rings. The first kappa shape index (κ1) is 11.8. The van der Waals surface area contributed by atoms with Gasteiger partial charge in [-0.2, -0.15) is 0 Å². The number of benzene rings is 1. The molecule has 90 valence electrons. The molecule has 0 fully saturated rings. The molecule has 0 amide bonds. The van der Waals surface area contributed by atoms with Crippen LogP contribution < -0.4 is 0 Å². The molecule has 1 aromatic rings. The lowest BCUT2D eigenvalue weighted by atomic mass is 9.94. The summed E-state index contributed by atoms with van der Waals surface area (Å²) < 4.78 is 18.0. The predicted molar refractivity (Wildman–Crippen MR) is 62.8 cm³/mol. The Bertz CT molecular complexity index is 411. The molecular weight excluding hydrogens is 219 g/mol. The van der Waals surface area contributed by atoms with E-state index in [4.69, 9.17) is 4.74 Å². The van der Waals surface area contributed by atoms with Gasteiger partial charge in [0.25, 0.3) is 0 Å². The van der Waals surface area contributed by atoms with Gasteiger partial charge in [0.1, 0.15) is 6.61 Å². The Morgan fingerprint density at radius 3 is 2.76 bits per heavy atom. The third-order valence-electron chi connectivity index (χ3n) is 2.91. The summed E-state index contributed by atoms with van der Waals surface area (Å²) in [6.07, 6.45) is 2.85. The Balaban J connectivity index is 1.82. The van der Waals surface area contributed by atoms with Gasteiger partial charge in [0.2, 0.25) is 0 Å². The van der Waals surface area contributed by atoms with E-state index in [1.165, 1.54) is 6.08 Å². The van der Waals surface area contributed by atoms with Gasteiger partial charge in [0.15, 0.2) is 0 Å². The van der Waals surface area contributed by atoms with Crippen LogP contribution in [0.3, 0.4) is 0 Å². The van der Waals surface area contributed by atoms with E-state index in [0.717, 1.165) is 5.56 Å². The van der Waals surface area contributed by atoms with Crippen molar-refractivity contribution < 1.29 is 13.9 Å². The molecule has 0 radical (unpaired) electrons. The minimum atomic E-state index is -0.224. The molecule has 0 unspecified atom stereocenters. The summed E-state index contributed by atoms with van der Waals surface area (Å²) in [7, 11) is 0. The number of ether oxygens (including phenoxy) is 1. The second-order valence-electron chi connectivity index (χ2n) is 4.22. The van der Waals surface area contributed by atoms with Crippen LogP contribution in [0.15, 0.2) is 42.2 Å². The number of carbonyl (C=O) groups is 1. The molecule has 0 saturated heterocycles. The second-order valence-corrected chi connectivity index (χ2v) is 4.22. The summed E-state index contributed by atoms with van der Waals surface area (Å²) in [6, 6.07) is 9.55. The van der Waals surface area contributed by atoms with Gasteiger partial charge in [0, 0.05) is 0 Å². The van der Waals surface area contributed by atoms with E-state index in [0.29, 0.717) is 25.9 Å². The maximum Gasteiger partial charge on any atom is 0.309 e. The van der Waals surface area contributed by atoms with E-state index in [1.54, 1.807) is 0 Å². The van der Waals surface area contributed by atoms with Crippen LogP contribution in [0.5, 0.6) is 0 Å². The first-order valence-corrected chi connectivity index (χ1v) is 5.81. The number of allylic oxidation sites excluding steroid dienone is 2. The van der Waals surface area contributed by atoms with E-state index >= 15 is 0 Å². The molecule has 2 nitrogen and oxygen atoms in total. The number of halogens is 1. The fourth-order valence-corrected chi connectivity index (χ4v) is 1.86. The Labute approximate surface area is 100 Å². The molecule has 0 heterocycles. The van der Waals surface area contributed by atoms with Gasteiger partial charge in [-0.05, 0) is 24.8 Å². The lowest BCUT2D eigenvalue weighted by Gasteiger charge is -2.17. The first-order valence-electron chi connectivity index (χ1n) is 5.81. The van der Waals surface area contributed by atoms with Crippen LogP contribution in [0.4, 0.5) is 4.39 Å². The van der Waals surface area contributed by atoms with Gasteiger partial charge in [-0.15, -0.1) is 0 Å². The summed E-state index contributed by atoms with van der Waals surface area (Å²) in [5.41, 5.74) is 0.971. The zero-order chi connectivity index (χ0) is 12.1. The number of carbonyl (C=O) groups excluding carboxylic acids is 1. The highest BCUT2D eigenvalue weighted by Crippen LogP contribution is 2.25. The molecule has 0 bridgehead atoms. The minimum absolute atomic E-state index is 0.114. The average molecular weight is 234 g/mol. The van der Waals surface area contributed by atoms with Crippen LogP contribution in [-0.4, -0.2) is 5.97 Å². The molecular formula is C14H15FO2. The average Bonchev–Trinajstić information content (AvgIpc) is 2.38. The topological polar surface area (TPSA) is 26.3 Å². The minimum Gasteiger partial charge on any atom is -0.461 e. The molecule has 0 saturated carbocycles. The van der Waals surface area contributed by atoms with Crippen LogP contribution in [0.25, 0.3) is 0 Å². The molecule has 0 N–H and O–H groups in total. The Hall–Kier alpha value is -1.64. The number of hydrogen-bond acceptors (Lipinski definition) is 2. The van der Waals surface area contributed by atoms with Crippen molar-refractivity contribution in [3.63, 3.8) is 0 Å². The van der Waals surface area contributed by atoms with Gasteiger partial charge in [-0.25, -0.2) is 4.39 Å². The Kier molecular flexibility index (Phi) is 3.91. The maximum atomic E-state index is 12.8. The highest BCUT2D eigenvalue weighted by molar-refractivity contribution is 5.72. The molecule has 1 atom stereocenters. The van der Waals surface area contributed by atoms with Gasteiger partial charge >= 0.3 is 5.97 Å². The van der Waals surface area contributed by atoms with E-state index in [9.17, 15) is 9.18 Å². The van der Waals surface area contributed by atoms with Crippen molar-refractivity contribution >= 4 is 5.97 Å². The largest absolute Gasteiger partial charge is 0.461 e. The van der Waals surface area contributed by atoms with Crippen LogP contribution in [0, 0.1) is 5.92 Å². The van der Waals surface area contributed by atoms with E-state index < -0.39 is 0 Å². The Morgan fingerprint density at radius 2 is 2.12 bits per heavy atom. The van der Waals surface area contributed by atoms with Gasteiger partial charge in [0.05, 0.1) is 11.7 Å². The number of rotatable bonds is 3. The second kappa shape index (κ2) is 5.62. The summed E-state index contributed by atoms with van der Waals surface area (Å²) in [5.74, 6) is -0.520. The maximum absolute atomic E-state index is 12.8. The quantitative estimate of drug-likeness (QED) is 0.749. The zero-order valence-electron chi connectivity index (χ0n) is 9.56. The van der Waals surface area contributed by atoms with Crippen molar-refractivity contribution in [3.05, 3.63) is 47.8 Å². The van der Waals surface area contributed by atoms with Crippen molar-refractivity contribution in [1.82, 2.24) is 0 Å². The van der Waals surface area contributed by atoms with Crippen molar-refractivity contribution in [3.8, 4) is 0 Å². The Morgan fingerprint density at radius 1 is 1.35 bits per heavy atom. The third-order valence-corrected chi connectivity index (χ3v) is 2.91. The predicted octanol–water partition coefficient (Wildman–Crippen LogP) is 3.38. The van der Waals surface area contributed by atoms with Crippen LogP contribution in [0.2, 0.25) is 0 Å². The van der Waals surface area contributed by atoms with E-state index in [2.05, 4.69) is 0 Å². The molecule has 3 heteroatoms. The normalized spacial score (nSPS) is 19.6. The van der Waals surface area contributed by atoms with E-state index in [-0.39, 0.29) is 17.7 Å². The molecule has 1 aliphatic carbocycles. The fourth-order valence-electron chi connectivity index (χ4n) is 1.86. The van der Waals surface area contributed by atoms with Crippen molar-refractivity contribution in [1.29, 1.82) is 0 Å². The highest BCUT2D eigenvalue weighted by Gasteiger charge is 2.22. The molecule has 0 aliphatic heterocycles. The summed E-state index contributed by atoms with van der Waals surface area (Å²) in [6.45, 7) is 0.294. The molecule has 0 aromatic heterocycles. The van der Waals surface area contributed by atoms with Gasteiger partial charge < -0.3 is 4.74 Å². The van der Waals surface area contributed by atoms with Crippen molar-refractivity contribution in [2.75, 3.05) is 0 Å². The number of esters is 1. The fraction of sp³-hybridized carbons (Fsp3) is 0.357. The zero-order valence-corrected chi connectivity index (χ0v) is 9.56. The monoisotopic (exact) mass is 234 g/mol. The van der Waals surface area contributed by atoms with Crippen LogP contribution >= 0.6 is 0 Å². The first-order chi connectivity index (χ1) is 8.25. The standard InChI is InChI=1S/C14H15FO2/c15-13-8-6-12(7-9-13)14(16)17-10-11-4-2-1-3-5-11/h1-5,8,12H,6-7,9-10H2/t12-/m1/s1.